The molecule has 2 amide bonds. The van der Waals surface area contributed by atoms with Gasteiger partial charge in [0.15, 0.2) is 0 Å². The van der Waals surface area contributed by atoms with Gasteiger partial charge in [0.25, 0.3) is 0 Å². The van der Waals surface area contributed by atoms with Crippen molar-refractivity contribution in [3.63, 3.8) is 0 Å². The lowest BCUT2D eigenvalue weighted by Gasteiger charge is -2.32. The SMILES string of the molecule is O=CN(c1cccc(CN2CCC(C(=O)NC3CCCC3)CC2)c1)c1cnc2ccccc2c1. The molecule has 1 N–H and O–H groups in total. The number of para-hydroxylation sites is 1. The summed E-state index contributed by atoms with van der Waals surface area (Å²) in [5.41, 5.74) is 3.65. The zero-order valence-electron chi connectivity index (χ0n) is 19.5. The minimum absolute atomic E-state index is 0.133. The summed E-state index contributed by atoms with van der Waals surface area (Å²) in [5.74, 6) is 0.383. The molecule has 0 unspecified atom stereocenters. The van der Waals surface area contributed by atoms with Gasteiger partial charge in [0, 0.05) is 29.6 Å². The number of carbonyl (C=O) groups excluding carboxylic acids is 2. The van der Waals surface area contributed by atoms with E-state index >= 15 is 0 Å². The Hall–Kier alpha value is -3.25. The number of benzene rings is 2. The number of pyridine rings is 1. The Morgan fingerprint density at radius 3 is 2.59 bits per heavy atom. The lowest BCUT2D eigenvalue weighted by Crippen LogP contribution is -2.43. The molecule has 0 bridgehead atoms. The zero-order valence-corrected chi connectivity index (χ0v) is 19.5. The predicted octanol–water partition coefficient (Wildman–Crippen LogP) is 4.80. The molecular weight excluding hydrogens is 424 g/mol. The minimum Gasteiger partial charge on any atom is -0.353 e. The topological polar surface area (TPSA) is 65.5 Å². The maximum absolute atomic E-state index is 12.6. The van der Waals surface area contributed by atoms with Crippen molar-refractivity contribution in [1.82, 2.24) is 15.2 Å². The van der Waals surface area contributed by atoms with Crippen LogP contribution >= 0.6 is 0 Å². The summed E-state index contributed by atoms with van der Waals surface area (Å²) in [7, 11) is 0. The van der Waals surface area contributed by atoms with Gasteiger partial charge in [0.1, 0.15) is 0 Å². The summed E-state index contributed by atoms with van der Waals surface area (Å²) in [4.78, 5) is 33.2. The first-order chi connectivity index (χ1) is 16.7. The first kappa shape index (κ1) is 22.5. The molecule has 2 fully saturated rings. The Morgan fingerprint density at radius 1 is 1.00 bits per heavy atom. The lowest BCUT2D eigenvalue weighted by atomic mass is 9.95. The minimum atomic E-state index is 0.133. The molecule has 1 saturated carbocycles. The van der Waals surface area contributed by atoms with Crippen molar-refractivity contribution >= 4 is 34.6 Å². The predicted molar refractivity (Wildman–Crippen MR) is 135 cm³/mol. The highest BCUT2D eigenvalue weighted by Crippen LogP contribution is 2.28. The maximum Gasteiger partial charge on any atom is 0.223 e. The van der Waals surface area contributed by atoms with Crippen molar-refractivity contribution in [1.29, 1.82) is 0 Å². The number of anilines is 2. The molecule has 1 aromatic heterocycles. The van der Waals surface area contributed by atoms with E-state index in [-0.39, 0.29) is 11.8 Å². The van der Waals surface area contributed by atoms with E-state index in [1.54, 1.807) is 11.1 Å². The Labute approximate surface area is 201 Å². The number of nitrogens with zero attached hydrogens (tertiary/aromatic N) is 3. The molecule has 3 aromatic rings. The van der Waals surface area contributed by atoms with Crippen molar-refractivity contribution in [2.45, 2.75) is 51.1 Å². The molecule has 1 aliphatic heterocycles. The van der Waals surface area contributed by atoms with Crippen LogP contribution in [0.1, 0.15) is 44.1 Å². The number of likely N-dealkylation sites (tertiary alicyclic amines) is 1. The normalized spacial score (nSPS) is 17.6. The van der Waals surface area contributed by atoms with Crippen LogP contribution in [0, 0.1) is 5.92 Å². The summed E-state index contributed by atoms with van der Waals surface area (Å²) >= 11 is 0. The van der Waals surface area contributed by atoms with E-state index in [9.17, 15) is 9.59 Å². The highest BCUT2D eigenvalue weighted by atomic mass is 16.2. The van der Waals surface area contributed by atoms with E-state index in [1.807, 2.05) is 42.5 Å². The van der Waals surface area contributed by atoms with Gasteiger partial charge in [-0.1, -0.05) is 43.2 Å². The average molecular weight is 457 g/mol. The Bertz CT molecular complexity index is 1150. The number of aromatic nitrogens is 1. The van der Waals surface area contributed by atoms with Crippen LogP contribution in [0.2, 0.25) is 0 Å². The fourth-order valence-electron chi connectivity index (χ4n) is 5.27. The smallest absolute Gasteiger partial charge is 0.223 e. The van der Waals surface area contributed by atoms with E-state index in [0.29, 0.717) is 6.04 Å². The number of piperidine rings is 1. The monoisotopic (exact) mass is 456 g/mol. The first-order valence-corrected chi connectivity index (χ1v) is 12.4. The molecule has 0 atom stereocenters. The summed E-state index contributed by atoms with van der Waals surface area (Å²) in [6, 6.07) is 18.4. The number of nitrogens with one attached hydrogen (secondary N) is 1. The third-order valence-corrected chi connectivity index (χ3v) is 7.21. The zero-order chi connectivity index (χ0) is 23.3. The van der Waals surface area contributed by atoms with Crippen LogP contribution < -0.4 is 10.2 Å². The van der Waals surface area contributed by atoms with Crippen molar-refractivity contribution in [2.24, 2.45) is 5.92 Å². The van der Waals surface area contributed by atoms with E-state index in [4.69, 9.17) is 0 Å². The van der Waals surface area contributed by atoms with E-state index in [2.05, 4.69) is 27.3 Å². The first-order valence-electron chi connectivity index (χ1n) is 12.4. The average Bonchev–Trinajstić information content (AvgIpc) is 3.38. The van der Waals surface area contributed by atoms with Crippen molar-refractivity contribution < 1.29 is 9.59 Å². The molecule has 1 aliphatic carbocycles. The highest BCUT2D eigenvalue weighted by Gasteiger charge is 2.27. The molecule has 2 aromatic carbocycles. The second-order valence-corrected chi connectivity index (χ2v) is 9.57. The number of hydrogen-bond acceptors (Lipinski definition) is 4. The van der Waals surface area contributed by atoms with Crippen LogP contribution in [0.4, 0.5) is 11.4 Å². The van der Waals surface area contributed by atoms with Crippen molar-refractivity contribution in [3.8, 4) is 0 Å². The standard InChI is InChI=1S/C28H32N4O2/c33-20-32(26-17-23-7-1-4-11-27(23)29-18-26)25-10-5-6-21(16-25)19-31-14-12-22(13-15-31)28(34)30-24-8-2-3-9-24/h1,4-7,10-11,16-18,20,22,24H,2-3,8-9,12-15,19H2,(H,30,34). The summed E-state index contributed by atoms with van der Waals surface area (Å²) in [6.45, 7) is 2.64. The molecule has 1 saturated heterocycles. The molecule has 5 rings (SSSR count). The molecule has 176 valence electrons. The molecule has 2 aliphatic rings. The van der Waals surface area contributed by atoms with E-state index in [1.165, 1.54) is 12.8 Å². The van der Waals surface area contributed by atoms with Gasteiger partial charge in [0.05, 0.1) is 17.4 Å². The van der Waals surface area contributed by atoms with Crippen molar-refractivity contribution in [3.05, 3.63) is 66.4 Å². The number of rotatable bonds is 7. The van der Waals surface area contributed by atoms with E-state index in [0.717, 1.165) is 79.6 Å². The third kappa shape index (κ3) is 5.12. The number of amides is 2. The highest BCUT2D eigenvalue weighted by molar-refractivity contribution is 5.90. The number of carbonyl (C=O) groups is 2. The van der Waals surface area contributed by atoms with Crippen molar-refractivity contribution in [2.75, 3.05) is 18.0 Å². The second-order valence-electron chi connectivity index (χ2n) is 9.57. The van der Waals surface area contributed by atoms with Gasteiger partial charge in [-0.25, -0.2) is 0 Å². The Kier molecular flexibility index (Phi) is 6.86. The molecule has 0 spiro atoms. The Morgan fingerprint density at radius 2 is 1.79 bits per heavy atom. The van der Waals surface area contributed by atoms with Gasteiger partial charge in [0.2, 0.25) is 12.3 Å². The second kappa shape index (κ2) is 10.3. The number of fused-ring (bicyclic) bond motifs is 1. The summed E-state index contributed by atoms with van der Waals surface area (Å²) in [6.07, 6.45) is 9.14. The van der Waals surface area contributed by atoms with Gasteiger partial charge in [-0.3, -0.25) is 24.4 Å². The van der Waals surface area contributed by atoms with Gasteiger partial charge < -0.3 is 5.32 Å². The maximum atomic E-state index is 12.6. The fraction of sp³-hybridized carbons (Fsp3) is 0.393. The molecule has 2 heterocycles. The molecule has 6 nitrogen and oxygen atoms in total. The fourth-order valence-corrected chi connectivity index (χ4v) is 5.27. The van der Waals surface area contributed by atoms with Crippen LogP contribution in [0.5, 0.6) is 0 Å². The molecular formula is C28H32N4O2. The van der Waals surface area contributed by atoms with Crippen LogP contribution in [-0.4, -0.2) is 41.3 Å². The molecule has 0 radical (unpaired) electrons. The quantitative estimate of drug-likeness (QED) is 0.519. The van der Waals surface area contributed by atoms with Crippen LogP contribution in [0.3, 0.4) is 0 Å². The van der Waals surface area contributed by atoms with Gasteiger partial charge in [-0.2, -0.15) is 0 Å². The summed E-state index contributed by atoms with van der Waals surface area (Å²) in [5, 5.41) is 4.27. The lowest BCUT2D eigenvalue weighted by molar-refractivity contribution is -0.127. The van der Waals surface area contributed by atoms with Gasteiger partial charge in [-0.05, 0) is 68.6 Å². The van der Waals surface area contributed by atoms with E-state index < -0.39 is 0 Å². The van der Waals surface area contributed by atoms with Gasteiger partial charge in [-0.15, -0.1) is 0 Å². The Balaban J connectivity index is 1.21. The van der Waals surface area contributed by atoms with Gasteiger partial charge >= 0.3 is 0 Å². The van der Waals surface area contributed by atoms with Crippen LogP contribution in [0.25, 0.3) is 10.9 Å². The molecule has 6 heteroatoms. The van der Waals surface area contributed by atoms with Crippen LogP contribution in [0.15, 0.2) is 60.8 Å². The molecule has 34 heavy (non-hydrogen) atoms. The third-order valence-electron chi connectivity index (χ3n) is 7.21. The number of hydrogen-bond donors (Lipinski definition) is 1. The largest absolute Gasteiger partial charge is 0.353 e. The summed E-state index contributed by atoms with van der Waals surface area (Å²) < 4.78 is 0. The van der Waals surface area contributed by atoms with Crippen LogP contribution in [-0.2, 0) is 16.1 Å².